The van der Waals surface area contributed by atoms with Gasteiger partial charge in [-0.25, -0.2) is 14.6 Å². The minimum atomic E-state index is -0.661. The maximum Gasteiger partial charge on any atom is 0.363 e. The highest BCUT2D eigenvalue weighted by Gasteiger charge is 2.26. The Labute approximate surface area is 210 Å². The number of benzene rings is 3. The number of hydrogen-bond acceptors (Lipinski definition) is 6. The predicted octanol–water partition coefficient (Wildman–Crippen LogP) is 6.53. The third-order valence-electron chi connectivity index (χ3n) is 4.82. The van der Waals surface area contributed by atoms with Gasteiger partial charge < -0.3 is 14.2 Å². The number of carbonyl (C=O) groups excluding carboxylic acids is 2. The molecule has 0 atom stereocenters. The van der Waals surface area contributed by atoms with Gasteiger partial charge in [-0.2, -0.15) is 0 Å². The van der Waals surface area contributed by atoms with E-state index in [-0.39, 0.29) is 28.1 Å². The van der Waals surface area contributed by atoms with Crippen molar-refractivity contribution in [3.05, 3.63) is 97.6 Å². The third-order valence-corrected chi connectivity index (χ3v) is 5.65. The molecular formula is C25H16Cl3NO5. The fourth-order valence-electron chi connectivity index (χ4n) is 3.11. The number of esters is 2. The Hall–Kier alpha value is -3.32. The predicted molar refractivity (Wildman–Crippen MR) is 131 cm³/mol. The summed E-state index contributed by atoms with van der Waals surface area (Å²) in [5.41, 5.74) is 2.32. The highest BCUT2D eigenvalue weighted by atomic mass is 35.5. The van der Waals surface area contributed by atoms with Gasteiger partial charge in [0.1, 0.15) is 0 Å². The summed E-state index contributed by atoms with van der Waals surface area (Å²) in [4.78, 5) is 29.1. The van der Waals surface area contributed by atoms with E-state index < -0.39 is 11.9 Å². The van der Waals surface area contributed by atoms with Crippen LogP contribution in [0.5, 0.6) is 11.5 Å². The van der Waals surface area contributed by atoms with Crippen molar-refractivity contribution in [2.75, 3.05) is 7.11 Å². The number of aryl methyl sites for hydroxylation is 1. The van der Waals surface area contributed by atoms with E-state index in [0.29, 0.717) is 26.7 Å². The second-order valence-electron chi connectivity index (χ2n) is 7.25. The number of cyclic esters (lactones) is 1. The zero-order chi connectivity index (χ0) is 24.4. The molecule has 0 N–H and O–H groups in total. The van der Waals surface area contributed by atoms with Crippen molar-refractivity contribution in [1.29, 1.82) is 0 Å². The molecule has 0 saturated heterocycles. The summed E-state index contributed by atoms with van der Waals surface area (Å²) >= 11 is 18.5. The lowest BCUT2D eigenvalue weighted by molar-refractivity contribution is -0.129. The van der Waals surface area contributed by atoms with Gasteiger partial charge in [-0.15, -0.1) is 0 Å². The summed E-state index contributed by atoms with van der Waals surface area (Å²) in [6.07, 6.45) is 1.47. The van der Waals surface area contributed by atoms with Crippen LogP contribution in [-0.2, 0) is 9.53 Å². The lowest BCUT2D eigenvalue weighted by Gasteiger charge is -2.12. The van der Waals surface area contributed by atoms with Crippen molar-refractivity contribution < 1.29 is 23.8 Å². The van der Waals surface area contributed by atoms with E-state index in [4.69, 9.17) is 49.0 Å². The van der Waals surface area contributed by atoms with Crippen molar-refractivity contribution in [2.24, 2.45) is 4.99 Å². The van der Waals surface area contributed by atoms with Crippen molar-refractivity contribution in [1.82, 2.24) is 0 Å². The maximum atomic E-state index is 12.5. The summed E-state index contributed by atoms with van der Waals surface area (Å²) in [6.45, 7) is 1.92. The first kappa shape index (κ1) is 23.8. The van der Waals surface area contributed by atoms with E-state index in [0.717, 1.165) is 5.56 Å². The molecule has 0 unspecified atom stereocenters. The van der Waals surface area contributed by atoms with Crippen LogP contribution in [0, 0.1) is 6.92 Å². The van der Waals surface area contributed by atoms with Crippen molar-refractivity contribution in [3.63, 3.8) is 0 Å². The fraction of sp³-hybridized carbons (Fsp3) is 0.0800. The molecule has 0 bridgehead atoms. The van der Waals surface area contributed by atoms with Gasteiger partial charge in [-0.3, -0.25) is 0 Å². The summed E-state index contributed by atoms with van der Waals surface area (Å²) in [5.74, 6) is -0.926. The molecule has 0 amide bonds. The molecule has 0 spiro atoms. The fourth-order valence-corrected chi connectivity index (χ4v) is 3.86. The minimum Gasteiger partial charge on any atom is -0.493 e. The minimum absolute atomic E-state index is 0.0311. The van der Waals surface area contributed by atoms with E-state index in [1.54, 1.807) is 42.5 Å². The average molecular weight is 517 g/mol. The number of halogens is 3. The second-order valence-corrected chi connectivity index (χ2v) is 8.50. The summed E-state index contributed by atoms with van der Waals surface area (Å²) in [6, 6.07) is 14.7. The number of rotatable bonds is 5. The van der Waals surface area contributed by atoms with Crippen LogP contribution in [0.2, 0.25) is 15.1 Å². The van der Waals surface area contributed by atoms with E-state index >= 15 is 0 Å². The molecule has 172 valence electrons. The molecule has 0 aliphatic carbocycles. The monoisotopic (exact) mass is 515 g/mol. The van der Waals surface area contributed by atoms with E-state index in [2.05, 4.69) is 4.99 Å². The standard InChI is InChI=1S/C25H16Cl3NO5/c1-13-3-5-15(6-4-13)24(30)33-22-19(28)9-14(11-21(22)32-2)10-20-25(31)34-23(29-20)17-8-7-16(26)12-18(17)27/h3-12H,1-2H3/b20-10-. The highest BCUT2D eigenvalue weighted by Crippen LogP contribution is 2.38. The third kappa shape index (κ3) is 5.09. The van der Waals surface area contributed by atoms with Crippen LogP contribution in [0.25, 0.3) is 6.08 Å². The van der Waals surface area contributed by atoms with Crippen LogP contribution in [-0.4, -0.2) is 24.9 Å². The number of aliphatic imine (C=N–C) groups is 1. The number of methoxy groups -OCH3 is 1. The molecule has 0 fully saturated rings. The number of nitrogens with zero attached hydrogens (tertiary/aromatic N) is 1. The molecule has 3 aromatic rings. The van der Waals surface area contributed by atoms with E-state index in [1.807, 2.05) is 6.92 Å². The largest absolute Gasteiger partial charge is 0.493 e. The quantitative estimate of drug-likeness (QED) is 0.219. The van der Waals surface area contributed by atoms with Gasteiger partial charge in [0.25, 0.3) is 0 Å². The number of hydrogen-bond donors (Lipinski definition) is 0. The Balaban J connectivity index is 1.63. The van der Waals surface area contributed by atoms with Crippen LogP contribution in [0.15, 0.2) is 65.3 Å². The van der Waals surface area contributed by atoms with Crippen molar-refractivity contribution in [3.8, 4) is 11.5 Å². The topological polar surface area (TPSA) is 74.2 Å². The van der Waals surface area contributed by atoms with Crippen LogP contribution >= 0.6 is 34.8 Å². The van der Waals surface area contributed by atoms with Gasteiger partial charge in [0, 0.05) is 5.02 Å². The Morgan fingerprint density at radius 2 is 1.74 bits per heavy atom. The normalized spacial score (nSPS) is 14.1. The van der Waals surface area contributed by atoms with Gasteiger partial charge in [0.15, 0.2) is 17.2 Å². The molecule has 0 radical (unpaired) electrons. The molecule has 6 nitrogen and oxygen atoms in total. The Morgan fingerprint density at radius 1 is 1.00 bits per heavy atom. The molecule has 1 aliphatic rings. The van der Waals surface area contributed by atoms with Crippen LogP contribution in [0.4, 0.5) is 0 Å². The van der Waals surface area contributed by atoms with Gasteiger partial charge in [0.2, 0.25) is 5.90 Å². The highest BCUT2D eigenvalue weighted by molar-refractivity contribution is 6.37. The molecule has 34 heavy (non-hydrogen) atoms. The zero-order valence-corrected chi connectivity index (χ0v) is 20.2. The van der Waals surface area contributed by atoms with Gasteiger partial charge in [-0.1, -0.05) is 52.5 Å². The lowest BCUT2D eigenvalue weighted by Crippen LogP contribution is -2.09. The van der Waals surface area contributed by atoms with Gasteiger partial charge >= 0.3 is 11.9 Å². The summed E-state index contributed by atoms with van der Waals surface area (Å²) in [7, 11) is 1.41. The molecule has 4 rings (SSSR count). The molecule has 9 heteroatoms. The Morgan fingerprint density at radius 3 is 2.41 bits per heavy atom. The van der Waals surface area contributed by atoms with Crippen LogP contribution in [0.1, 0.15) is 27.0 Å². The Kier molecular flexibility index (Phi) is 6.93. The first-order valence-corrected chi connectivity index (χ1v) is 11.0. The molecule has 3 aromatic carbocycles. The van der Waals surface area contributed by atoms with Crippen molar-refractivity contribution in [2.45, 2.75) is 6.92 Å². The van der Waals surface area contributed by atoms with Crippen LogP contribution < -0.4 is 9.47 Å². The molecule has 0 saturated carbocycles. The molecule has 1 aliphatic heterocycles. The number of ether oxygens (including phenoxy) is 3. The first-order valence-electron chi connectivity index (χ1n) is 9.89. The smallest absolute Gasteiger partial charge is 0.363 e. The van der Waals surface area contributed by atoms with Gasteiger partial charge in [0.05, 0.1) is 28.3 Å². The Bertz CT molecular complexity index is 1360. The first-order chi connectivity index (χ1) is 16.2. The summed E-state index contributed by atoms with van der Waals surface area (Å²) in [5, 5.41) is 0.854. The average Bonchev–Trinajstić information content (AvgIpc) is 3.15. The summed E-state index contributed by atoms with van der Waals surface area (Å²) < 4.78 is 16.1. The number of carbonyl (C=O) groups is 2. The maximum absolute atomic E-state index is 12.5. The van der Waals surface area contributed by atoms with Crippen molar-refractivity contribution >= 4 is 58.7 Å². The van der Waals surface area contributed by atoms with Gasteiger partial charge in [-0.05, 0) is 61.0 Å². The molecule has 0 aromatic heterocycles. The van der Waals surface area contributed by atoms with E-state index in [9.17, 15) is 9.59 Å². The molecular weight excluding hydrogens is 501 g/mol. The SMILES string of the molecule is COc1cc(/C=C2\N=C(c3ccc(Cl)cc3Cl)OC2=O)cc(Cl)c1OC(=O)c1ccc(C)cc1. The second kappa shape index (κ2) is 9.89. The lowest BCUT2D eigenvalue weighted by atomic mass is 10.1. The zero-order valence-electron chi connectivity index (χ0n) is 17.9. The molecule has 1 heterocycles. The van der Waals surface area contributed by atoms with Crippen LogP contribution in [0.3, 0.4) is 0 Å². The van der Waals surface area contributed by atoms with E-state index in [1.165, 1.54) is 25.3 Å².